The molecule has 5 atom stereocenters. The van der Waals surface area contributed by atoms with Gasteiger partial charge in [0.1, 0.15) is 12.6 Å². The predicted molar refractivity (Wildman–Crippen MR) is 159 cm³/mol. The van der Waals surface area contributed by atoms with E-state index < -0.39 is 18.1 Å². The van der Waals surface area contributed by atoms with Crippen LogP contribution in [0.4, 0.5) is 4.79 Å². The third kappa shape index (κ3) is 5.77. The summed E-state index contributed by atoms with van der Waals surface area (Å²) < 4.78 is 5.73. The number of alkyl carbamates (subject to hydrolysis) is 1. The fourth-order valence-corrected chi connectivity index (χ4v) is 7.14. The molecular weight excluding hydrogens is 530 g/mol. The van der Waals surface area contributed by atoms with Crippen LogP contribution < -0.4 is 10.6 Å². The summed E-state index contributed by atoms with van der Waals surface area (Å²) in [5.74, 6) is -0.959. The lowest BCUT2D eigenvalue weighted by Gasteiger charge is -2.40. The van der Waals surface area contributed by atoms with E-state index in [-0.39, 0.29) is 42.9 Å². The topological polar surface area (TPSA) is 108 Å². The number of benzene rings is 3. The molecule has 2 unspecified atom stereocenters. The number of carbonyl (C=O) groups excluding carboxylic acids is 2. The van der Waals surface area contributed by atoms with E-state index in [1.54, 1.807) is 0 Å². The zero-order valence-corrected chi connectivity index (χ0v) is 23.7. The van der Waals surface area contributed by atoms with Crippen molar-refractivity contribution >= 4 is 18.0 Å². The minimum atomic E-state index is -1.04. The molecule has 0 bridgehead atoms. The van der Waals surface area contributed by atoms with E-state index in [4.69, 9.17) is 4.74 Å². The summed E-state index contributed by atoms with van der Waals surface area (Å²) >= 11 is 0. The fourth-order valence-electron chi connectivity index (χ4n) is 7.14. The standard InChI is InChI=1S/C34H37N3O5/c1-37(18-21-9-3-2-4-10-21)19-31(33(39)40)35-32(38)23-15-22-17-30(28(22)16-23)36-34(41)42-20-29-26-13-7-5-11-24(26)25-12-6-8-14-27(25)29/h2-14,22-23,28-31H,15-20H2,1H3,(H,35,38)(H,36,41)(H,39,40)/t22-,23?,28-,30+,31?/m1/s1. The van der Waals surface area contributed by atoms with Crippen LogP contribution >= 0.6 is 0 Å². The van der Waals surface area contributed by atoms with Gasteiger partial charge in [0.05, 0.1) is 0 Å². The Morgan fingerprint density at radius 2 is 1.55 bits per heavy atom. The quantitative estimate of drug-likeness (QED) is 0.330. The molecule has 0 spiro atoms. The fraction of sp³-hybridized carbons (Fsp3) is 0.382. The Hall–Kier alpha value is -4.17. The van der Waals surface area contributed by atoms with Gasteiger partial charge in [0, 0.05) is 31.0 Å². The van der Waals surface area contributed by atoms with Crippen molar-refractivity contribution in [2.24, 2.45) is 17.8 Å². The Labute approximate surface area is 246 Å². The van der Waals surface area contributed by atoms with Gasteiger partial charge in [-0.05, 0) is 66.0 Å². The van der Waals surface area contributed by atoms with Gasteiger partial charge in [0.2, 0.25) is 5.91 Å². The lowest BCUT2D eigenvalue weighted by Crippen LogP contribution is -2.50. The molecule has 2 saturated carbocycles. The maximum Gasteiger partial charge on any atom is 0.407 e. The van der Waals surface area contributed by atoms with Gasteiger partial charge in [0.15, 0.2) is 0 Å². The number of nitrogens with one attached hydrogen (secondary N) is 2. The molecular formula is C34H37N3O5. The molecule has 2 fully saturated rings. The molecule has 0 heterocycles. The number of hydrogen-bond donors (Lipinski definition) is 3. The Bertz CT molecular complexity index is 1410. The molecule has 6 rings (SSSR count). The summed E-state index contributed by atoms with van der Waals surface area (Å²) in [6.45, 7) is 1.07. The van der Waals surface area contributed by atoms with E-state index in [1.165, 1.54) is 22.3 Å². The second-order valence-corrected chi connectivity index (χ2v) is 12.0. The normalized spacial score (nSPS) is 22.8. The van der Waals surface area contributed by atoms with Gasteiger partial charge in [-0.2, -0.15) is 0 Å². The first-order valence-corrected chi connectivity index (χ1v) is 14.7. The number of nitrogens with zero attached hydrogens (tertiary/aromatic N) is 1. The molecule has 3 aromatic carbocycles. The molecule has 0 aliphatic heterocycles. The second kappa shape index (κ2) is 12.0. The van der Waals surface area contributed by atoms with Crippen molar-refractivity contribution in [2.75, 3.05) is 20.2 Å². The number of fused-ring (bicyclic) bond motifs is 4. The van der Waals surface area contributed by atoms with Crippen molar-refractivity contribution in [1.82, 2.24) is 15.5 Å². The van der Waals surface area contributed by atoms with Crippen LogP contribution in [-0.2, 0) is 20.9 Å². The molecule has 3 aliphatic carbocycles. The summed E-state index contributed by atoms with van der Waals surface area (Å²) in [6, 6.07) is 25.3. The van der Waals surface area contributed by atoms with E-state index in [1.807, 2.05) is 66.5 Å². The summed E-state index contributed by atoms with van der Waals surface area (Å²) in [7, 11) is 1.85. The van der Waals surface area contributed by atoms with Gasteiger partial charge in [0.25, 0.3) is 0 Å². The minimum absolute atomic E-state index is 0.00534. The van der Waals surface area contributed by atoms with Crippen LogP contribution in [0, 0.1) is 17.8 Å². The second-order valence-electron chi connectivity index (χ2n) is 12.0. The average molecular weight is 568 g/mol. The Morgan fingerprint density at radius 1 is 0.905 bits per heavy atom. The van der Waals surface area contributed by atoms with Gasteiger partial charge in [-0.15, -0.1) is 0 Å². The number of carboxylic acid groups (broad SMARTS) is 1. The van der Waals surface area contributed by atoms with Crippen molar-refractivity contribution in [2.45, 2.75) is 43.8 Å². The number of carbonyl (C=O) groups is 3. The van der Waals surface area contributed by atoms with E-state index in [0.29, 0.717) is 25.3 Å². The van der Waals surface area contributed by atoms with E-state index in [0.717, 1.165) is 12.0 Å². The molecule has 0 radical (unpaired) electrons. The largest absolute Gasteiger partial charge is 0.480 e. The zero-order chi connectivity index (χ0) is 29.2. The first kappa shape index (κ1) is 28.0. The van der Waals surface area contributed by atoms with Crippen LogP contribution in [0.15, 0.2) is 78.9 Å². The average Bonchev–Trinajstić information content (AvgIpc) is 3.49. The van der Waals surface area contributed by atoms with Crippen LogP contribution in [0.2, 0.25) is 0 Å². The number of carboxylic acids is 1. The van der Waals surface area contributed by atoms with Gasteiger partial charge < -0.3 is 20.5 Å². The van der Waals surface area contributed by atoms with Gasteiger partial charge in [-0.3, -0.25) is 9.69 Å². The Balaban J connectivity index is 0.981. The van der Waals surface area contributed by atoms with E-state index >= 15 is 0 Å². The third-order valence-corrected chi connectivity index (χ3v) is 9.24. The molecule has 3 N–H and O–H groups in total. The van der Waals surface area contributed by atoms with Gasteiger partial charge in [-0.25, -0.2) is 9.59 Å². The van der Waals surface area contributed by atoms with Crippen LogP contribution in [0.5, 0.6) is 0 Å². The van der Waals surface area contributed by atoms with E-state index in [2.05, 4.69) is 34.9 Å². The zero-order valence-electron chi connectivity index (χ0n) is 23.7. The number of likely N-dealkylation sites (N-methyl/N-ethyl adjacent to an activating group) is 1. The van der Waals surface area contributed by atoms with Crippen LogP contribution in [0.1, 0.15) is 41.9 Å². The molecule has 0 aromatic heterocycles. The molecule has 2 amide bonds. The molecule has 3 aromatic rings. The number of amides is 2. The summed E-state index contributed by atoms with van der Waals surface area (Å²) in [4.78, 5) is 39.7. The van der Waals surface area contributed by atoms with Crippen molar-refractivity contribution < 1.29 is 24.2 Å². The molecule has 8 heteroatoms. The summed E-state index contributed by atoms with van der Waals surface area (Å²) in [5, 5.41) is 15.6. The highest BCUT2D eigenvalue weighted by Crippen LogP contribution is 2.50. The summed E-state index contributed by atoms with van der Waals surface area (Å²) in [5.41, 5.74) is 5.80. The highest BCUT2D eigenvalue weighted by Gasteiger charge is 2.50. The SMILES string of the molecule is CN(Cc1ccccc1)CC(NC(=O)C1C[C@@H]2C[C@H](NC(=O)OCC3c4ccccc4-c4ccccc43)[C@@H]2C1)C(=O)O. The first-order chi connectivity index (χ1) is 20.4. The monoisotopic (exact) mass is 567 g/mol. The highest BCUT2D eigenvalue weighted by molar-refractivity contribution is 5.85. The number of aliphatic carboxylic acids is 1. The smallest absolute Gasteiger partial charge is 0.407 e. The van der Waals surface area contributed by atoms with Crippen molar-refractivity contribution in [3.05, 3.63) is 95.6 Å². The van der Waals surface area contributed by atoms with Crippen molar-refractivity contribution in [3.8, 4) is 11.1 Å². The maximum absolute atomic E-state index is 13.1. The van der Waals surface area contributed by atoms with Crippen molar-refractivity contribution in [3.63, 3.8) is 0 Å². The van der Waals surface area contributed by atoms with Crippen LogP contribution in [0.25, 0.3) is 11.1 Å². The maximum atomic E-state index is 13.1. The van der Waals surface area contributed by atoms with Gasteiger partial charge in [-0.1, -0.05) is 78.9 Å². The van der Waals surface area contributed by atoms with E-state index in [9.17, 15) is 19.5 Å². The molecule has 0 saturated heterocycles. The number of hydrogen-bond acceptors (Lipinski definition) is 5. The van der Waals surface area contributed by atoms with Crippen molar-refractivity contribution in [1.29, 1.82) is 0 Å². The van der Waals surface area contributed by atoms with Crippen LogP contribution in [0.3, 0.4) is 0 Å². The Kier molecular flexibility index (Phi) is 7.98. The Morgan fingerprint density at radius 3 is 2.21 bits per heavy atom. The number of ether oxygens (including phenoxy) is 1. The molecule has 42 heavy (non-hydrogen) atoms. The van der Waals surface area contributed by atoms with Gasteiger partial charge >= 0.3 is 12.1 Å². The molecule has 218 valence electrons. The lowest BCUT2D eigenvalue weighted by atomic mass is 9.71. The molecule has 3 aliphatic rings. The minimum Gasteiger partial charge on any atom is -0.480 e. The lowest BCUT2D eigenvalue weighted by molar-refractivity contribution is -0.143. The highest BCUT2D eigenvalue weighted by atomic mass is 16.5. The third-order valence-electron chi connectivity index (χ3n) is 9.24. The van der Waals surface area contributed by atoms with Crippen LogP contribution in [-0.4, -0.2) is 60.3 Å². The number of rotatable bonds is 10. The first-order valence-electron chi connectivity index (χ1n) is 14.7. The predicted octanol–water partition coefficient (Wildman–Crippen LogP) is 4.64. The molecule has 8 nitrogen and oxygen atoms in total. The summed E-state index contributed by atoms with van der Waals surface area (Å²) in [6.07, 6.45) is 1.73.